The lowest BCUT2D eigenvalue weighted by atomic mass is 10.1. The van der Waals surface area contributed by atoms with Gasteiger partial charge in [0.1, 0.15) is 5.75 Å². The molecule has 0 fully saturated rings. The highest BCUT2D eigenvalue weighted by atomic mass is 32.2. The minimum Gasteiger partial charge on any atom is -0.493 e. The number of aliphatic hydroxyl groups excluding tert-OH is 1. The average molecular weight is 226 g/mol. The summed E-state index contributed by atoms with van der Waals surface area (Å²) < 4.78 is 5.61. The molecule has 3 heteroatoms. The van der Waals surface area contributed by atoms with Crippen molar-refractivity contribution in [3.63, 3.8) is 0 Å². The highest BCUT2D eigenvalue weighted by Crippen LogP contribution is 2.16. The number of aliphatic hydroxyl groups is 1. The quantitative estimate of drug-likeness (QED) is 0.755. The second-order valence-electron chi connectivity index (χ2n) is 3.51. The lowest BCUT2D eigenvalue weighted by Gasteiger charge is -2.07. The number of hydrogen-bond acceptors (Lipinski definition) is 3. The number of benzene rings is 1. The van der Waals surface area contributed by atoms with Crippen molar-refractivity contribution < 1.29 is 9.84 Å². The normalized spacial score (nSPS) is 10.3. The van der Waals surface area contributed by atoms with Gasteiger partial charge < -0.3 is 9.84 Å². The topological polar surface area (TPSA) is 29.5 Å². The summed E-state index contributed by atoms with van der Waals surface area (Å²) >= 11 is 1.71. The molecule has 0 aliphatic heterocycles. The van der Waals surface area contributed by atoms with Gasteiger partial charge in [0, 0.05) is 11.5 Å². The maximum Gasteiger partial charge on any atom is 0.119 e. The van der Waals surface area contributed by atoms with Gasteiger partial charge in [-0.3, -0.25) is 0 Å². The van der Waals surface area contributed by atoms with Crippen molar-refractivity contribution in [1.82, 2.24) is 0 Å². The number of rotatable bonds is 6. The predicted molar refractivity (Wildman–Crippen MR) is 65.8 cm³/mol. The van der Waals surface area contributed by atoms with Gasteiger partial charge in [0.25, 0.3) is 0 Å². The molecule has 0 bridgehead atoms. The van der Waals surface area contributed by atoms with Crippen molar-refractivity contribution in [2.45, 2.75) is 13.8 Å². The molecule has 0 saturated carbocycles. The standard InChI is InChI=1S/C12H18O2S/c1-10-7-11(2)9-12(8-10)14-4-6-15-5-3-13/h7-9,13H,3-6H2,1-2H3. The number of hydrogen-bond donors (Lipinski definition) is 1. The van der Waals surface area contributed by atoms with Gasteiger partial charge in [0.2, 0.25) is 0 Å². The van der Waals surface area contributed by atoms with Crippen LogP contribution < -0.4 is 4.74 Å². The zero-order chi connectivity index (χ0) is 11.1. The molecule has 0 amide bonds. The van der Waals surface area contributed by atoms with Crippen molar-refractivity contribution >= 4 is 11.8 Å². The zero-order valence-corrected chi connectivity index (χ0v) is 10.1. The molecule has 1 N–H and O–H groups in total. The van der Waals surface area contributed by atoms with E-state index in [4.69, 9.17) is 9.84 Å². The van der Waals surface area contributed by atoms with E-state index in [1.165, 1.54) is 11.1 Å². The Morgan fingerprint density at radius 3 is 2.40 bits per heavy atom. The Morgan fingerprint density at radius 1 is 1.13 bits per heavy atom. The number of ether oxygens (including phenoxy) is 1. The lowest BCUT2D eigenvalue weighted by Crippen LogP contribution is -2.02. The third-order valence-corrected chi connectivity index (χ3v) is 2.85. The molecule has 0 radical (unpaired) electrons. The average Bonchev–Trinajstić information content (AvgIpc) is 2.16. The maximum atomic E-state index is 8.59. The molecular weight excluding hydrogens is 208 g/mol. The number of aryl methyl sites for hydroxylation is 2. The fraction of sp³-hybridized carbons (Fsp3) is 0.500. The van der Waals surface area contributed by atoms with Crippen LogP contribution in [0.2, 0.25) is 0 Å². The number of thioether (sulfide) groups is 1. The van der Waals surface area contributed by atoms with E-state index in [0.29, 0.717) is 6.61 Å². The SMILES string of the molecule is Cc1cc(C)cc(OCCSCCO)c1. The van der Waals surface area contributed by atoms with Gasteiger partial charge >= 0.3 is 0 Å². The van der Waals surface area contributed by atoms with Crippen molar-refractivity contribution in [2.24, 2.45) is 0 Å². The molecule has 0 unspecified atom stereocenters. The molecule has 1 aromatic carbocycles. The lowest BCUT2D eigenvalue weighted by molar-refractivity contribution is 0.321. The third-order valence-electron chi connectivity index (χ3n) is 1.93. The second kappa shape index (κ2) is 6.75. The van der Waals surface area contributed by atoms with Crippen molar-refractivity contribution in [2.75, 3.05) is 24.7 Å². The molecule has 2 nitrogen and oxygen atoms in total. The Balaban J connectivity index is 2.31. The first-order chi connectivity index (χ1) is 7.22. The monoisotopic (exact) mass is 226 g/mol. The smallest absolute Gasteiger partial charge is 0.119 e. The molecule has 0 saturated heterocycles. The van der Waals surface area contributed by atoms with Crippen LogP contribution in [0.15, 0.2) is 18.2 Å². The summed E-state index contributed by atoms with van der Waals surface area (Å²) in [5, 5.41) is 8.59. The molecule has 0 atom stereocenters. The van der Waals surface area contributed by atoms with Crippen molar-refractivity contribution in [3.8, 4) is 5.75 Å². The second-order valence-corrected chi connectivity index (χ2v) is 4.73. The molecule has 15 heavy (non-hydrogen) atoms. The summed E-state index contributed by atoms with van der Waals surface area (Å²) in [5.74, 6) is 2.65. The van der Waals surface area contributed by atoms with E-state index >= 15 is 0 Å². The van der Waals surface area contributed by atoms with Gasteiger partial charge in [-0.2, -0.15) is 11.8 Å². The molecule has 1 rings (SSSR count). The Labute approximate surface area is 95.7 Å². The summed E-state index contributed by atoms with van der Waals surface area (Å²) in [6, 6.07) is 6.22. The van der Waals surface area contributed by atoms with Crippen LogP contribution in [0.5, 0.6) is 5.75 Å². The van der Waals surface area contributed by atoms with Crippen molar-refractivity contribution in [1.29, 1.82) is 0 Å². The van der Waals surface area contributed by atoms with Gasteiger partial charge in [0.05, 0.1) is 13.2 Å². The fourth-order valence-electron chi connectivity index (χ4n) is 1.40. The molecule has 0 aromatic heterocycles. The minimum atomic E-state index is 0.244. The van der Waals surface area contributed by atoms with Gasteiger partial charge in [0.15, 0.2) is 0 Å². The molecule has 0 spiro atoms. The van der Waals surface area contributed by atoms with E-state index in [1.54, 1.807) is 11.8 Å². The van der Waals surface area contributed by atoms with Crippen LogP contribution in [-0.4, -0.2) is 29.8 Å². The fourth-order valence-corrected chi connectivity index (χ4v) is 1.94. The first kappa shape index (κ1) is 12.4. The Hall–Kier alpha value is -0.670. The highest BCUT2D eigenvalue weighted by Gasteiger charge is 1.96. The molecule has 0 heterocycles. The zero-order valence-electron chi connectivity index (χ0n) is 9.32. The molecule has 0 aliphatic rings. The molecule has 0 aliphatic carbocycles. The van der Waals surface area contributed by atoms with Crippen LogP contribution in [0, 0.1) is 13.8 Å². The van der Waals surface area contributed by atoms with E-state index in [-0.39, 0.29) is 6.61 Å². The summed E-state index contributed by atoms with van der Waals surface area (Å²) in [6.07, 6.45) is 0. The summed E-state index contributed by atoms with van der Waals surface area (Å²) in [5.41, 5.74) is 2.46. The first-order valence-electron chi connectivity index (χ1n) is 5.12. The third kappa shape index (κ3) is 5.09. The van der Waals surface area contributed by atoms with E-state index in [9.17, 15) is 0 Å². The Morgan fingerprint density at radius 2 is 1.80 bits per heavy atom. The summed E-state index contributed by atoms with van der Waals surface area (Å²) in [4.78, 5) is 0. The van der Waals surface area contributed by atoms with Crippen LogP contribution in [0.3, 0.4) is 0 Å². The highest BCUT2D eigenvalue weighted by molar-refractivity contribution is 7.99. The van der Waals surface area contributed by atoms with E-state index < -0.39 is 0 Å². The van der Waals surface area contributed by atoms with E-state index in [2.05, 4.69) is 19.9 Å². The minimum absolute atomic E-state index is 0.244. The molecule has 84 valence electrons. The van der Waals surface area contributed by atoms with Gasteiger partial charge in [-0.15, -0.1) is 0 Å². The first-order valence-corrected chi connectivity index (χ1v) is 6.27. The Bertz CT molecular complexity index is 279. The molecule has 1 aromatic rings. The maximum absolute atomic E-state index is 8.59. The molecular formula is C12H18O2S. The van der Waals surface area contributed by atoms with Gasteiger partial charge in [-0.05, 0) is 37.1 Å². The summed E-state index contributed by atoms with van der Waals surface area (Å²) in [7, 11) is 0. The van der Waals surface area contributed by atoms with Gasteiger partial charge in [-0.1, -0.05) is 6.07 Å². The summed E-state index contributed by atoms with van der Waals surface area (Å²) in [6.45, 7) is 5.09. The van der Waals surface area contributed by atoms with Gasteiger partial charge in [-0.25, -0.2) is 0 Å². The van der Waals surface area contributed by atoms with E-state index in [0.717, 1.165) is 17.3 Å². The van der Waals surface area contributed by atoms with Crippen molar-refractivity contribution in [3.05, 3.63) is 29.3 Å². The predicted octanol–water partition coefficient (Wildman–Crippen LogP) is 2.41. The van der Waals surface area contributed by atoms with Crippen LogP contribution >= 0.6 is 11.8 Å². The largest absolute Gasteiger partial charge is 0.493 e. The van der Waals surface area contributed by atoms with Crippen LogP contribution in [0.1, 0.15) is 11.1 Å². The van der Waals surface area contributed by atoms with Crippen LogP contribution in [-0.2, 0) is 0 Å². The van der Waals surface area contributed by atoms with Crippen LogP contribution in [0.25, 0.3) is 0 Å². The van der Waals surface area contributed by atoms with Crippen LogP contribution in [0.4, 0.5) is 0 Å². The Kier molecular flexibility index (Phi) is 5.58. The van der Waals surface area contributed by atoms with E-state index in [1.807, 2.05) is 12.1 Å².